The Hall–Kier alpha value is -6.80. The number of hydrogen-bond donors (Lipinski definition) is 0. The first-order valence-corrected chi connectivity index (χ1v) is 18.8. The van der Waals surface area contributed by atoms with Gasteiger partial charge in [0.2, 0.25) is 11.7 Å². The van der Waals surface area contributed by atoms with Gasteiger partial charge < -0.3 is 4.74 Å². The molecule has 0 fully saturated rings. The van der Waals surface area contributed by atoms with Crippen molar-refractivity contribution in [3.05, 3.63) is 209 Å². The van der Waals surface area contributed by atoms with Crippen LogP contribution in [0.2, 0.25) is 0 Å². The van der Waals surface area contributed by atoms with E-state index in [1.165, 1.54) is 0 Å². The number of benzene rings is 6. The van der Waals surface area contributed by atoms with Crippen molar-refractivity contribution >= 4 is 0 Å². The zero-order valence-corrected chi connectivity index (χ0v) is 30.7. The molecule has 0 unspecified atom stereocenters. The highest BCUT2D eigenvalue weighted by molar-refractivity contribution is 5.80. The Labute approximate surface area is 321 Å². The number of aromatic nitrogens is 7. The standard InChI is InChI=1S/C47H41N7O/c1-2-3-28-44-48-46(43(49-50-44)33-35-18-8-4-9-19-35)55-34-36-29-31-37(32-30-36)41-26-16-17-27-42(41)45-51-53-54(52-45)47(38-20-10-5-11-21-38,39-22-12-6-13-23-39)40-24-14-7-15-25-40/h4-27,29-32H,2-3,28,33-34H2,1H3. The van der Waals surface area contributed by atoms with Crippen molar-refractivity contribution in [3.8, 4) is 28.4 Å². The fraction of sp³-hybridized carbons (Fsp3) is 0.149. The summed E-state index contributed by atoms with van der Waals surface area (Å²) >= 11 is 0. The first-order chi connectivity index (χ1) is 27.2. The minimum atomic E-state index is -0.859. The third kappa shape index (κ3) is 7.53. The van der Waals surface area contributed by atoms with Gasteiger partial charge in [0.15, 0.2) is 11.4 Å². The highest BCUT2D eigenvalue weighted by Gasteiger charge is 2.41. The molecule has 270 valence electrons. The highest BCUT2D eigenvalue weighted by Crippen LogP contribution is 2.40. The van der Waals surface area contributed by atoms with Gasteiger partial charge in [-0.1, -0.05) is 183 Å². The molecule has 0 saturated carbocycles. The molecule has 55 heavy (non-hydrogen) atoms. The molecule has 0 aliphatic carbocycles. The van der Waals surface area contributed by atoms with E-state index in [0.717, 1.165) is 69.5 Å². The van der Waals surface area contributed by atoms with E-state index in [-0.39, 0.29) is 0 Å². The Kier molecular flexibility index (Phi) is 10.6. The smallest absolute Gasteiger partial charge is 0.240 e. The van der Waals surface area contributed by atoms with Gasteiger partial charge in [0, 0.05) is 18.4 Å². The van der Waals surface area contributed by atoms with Crippen LogP contribution >= 0.6 is 0 Å². The molecular formula is C47H41N7O. The number of aryl methyl sites for hydroxylation is 1. The summed E-state index contributed by atoms with van der Waals surface area (Å²) in [6, 6.07) is 58.0. The second-order valence-electron chi connectivity index (χ2n) is 13.5. The Bertz CT molecular complexity index is 2340. The summed E-state index contributed by atoms with van der Waals surface area (Å²) in [5.41, 5.74) is 8.04. The lowest BCUT2D eigenvalue weighted by molar-refractivity contribution is 0.286. The first-order valence-electron chi connectivity index (χ1n) is 18.8. The SMILES string of the molecule is CCCCc1nnc(Cc2ccccc2)c(OCc2ccc(-c3ccccc3-c3nnn(C(c4ccccc4)(c4ccccc4)c4ccccc4)n3)cc2)n1. The predicted molar refractivity (Wildman–Crippen MR) is 215 cm³/mol. The van der Waals surface area contributed by atoms with Gasteiger partial charge in [-0.25, -0.2) is 0 Å². The average Bonchev–Trinajstić information content (AvgIpc) is 3.75. The van der Waals surface area contributed by atoms with Gasteiger partial charge in [0.05, 0.1) is 0 Å². The van der Waals surface area contributed by atoms with Crippen molar-refractivity contribution in [2.45, 2.75) is 44.8 Å². The summed E-state index contributed by atoms with van der Waals surface area (Å²) in [6.07, 6.45) is 3.43. The van der Waals surface area contributed by atoms with Crippen molar-refractivity contribution < 1.29 is 4.74 Å². The molecule has 0 amide bonds. The molecule has 0 aliphatic heterocycles. The van der Waals surface area contributed by atoms with Crippen LogP contribution in [-0.4, -0.2) is 35.4 Å². The number of nitrogens with zero attached hydrogens (tertiary/aromatic N) is 7. The molecule has 8 aromatic rings. The minimum Gasteiger partial charge on any atom is -0.471 e. The zero-order chi connectivity index (χ0) is 37.3. The normalized spacial score (nSPS) is 11.4. The van der Waals surface area contributed by atoms with E-state index in [1.807, 2.05) is 48.5 Å². The minimum absolute atomic E-state index is 0.353. The van der Waals surface area contributed by atoms with Gasteiger partial charge >= 0.3 is 0 Å². The Morgan fingerprint density at radius 3 is 1.73 bits per heavy atom. The third-order valence-corrected chi connectivity index (χ3v) is 9.83. The fourth-order valence-electron chi connectivity index (χ4n) is 7.03. The lowest BCUT2D eigenvalue weighted by Gasteiger charge is -2.34. The summed E-state index contributed by atoms with van der Waals surface area (Å²) in [7, 11) is 0. The van der Waals surface area contributed by atoms with E-state index < -0.39 is 5.54 Å². The lowest BCUT2D eigenvalue weighted by atomic mass is 9.77. The largest absolute Gasteiger partial charge is 0.471 e. The van der Waals surface area contributed by atoms with Gasteiger partial charge in [-0.15, -0.1) is 25.2 Å². The Balaban J connectivity index is 1.09. The maximum absolute atomic E-state index is 6.35. The molecule has 0 atom stereocenters. The van der Waals surface area contributed by atoms with Gasteiger partial charge in [0.25, 0.3) is 0 Å². The van der Waals surface area contributed by atoms with Crippen molar-refractivity contribution in [2.75, 3.05) is 0 Å². The molecule has 0 bridgehead atoms. The summed E-state index contributed by atoms with van der Waals surface area (Å²) in [4.78, 5) is 6.56. The molecular weight excluding hydrogens is 679 g/mol. The number of rotatable bonds is 14. The molecule has 0 aliphatic rings. The lowest BCUT2D eigenvalue weighted by Crippen LogP contribution is -2.39. The Morgan fingerprint density at radius 1 is 0.564 bits per heavy atom. The summed E-state index contributed by atoms with van der Waals surface area (Å²) in [6.45, 7) is 2.51. The highest BCUT2D eigenvalue weighted by atomic mass is 16.5. The molecule has 8 rings (SSSR count). The van der Waals surface area contributed by atoms with Crippen LogP contribution in [0.5, 0.6) is 5.88 Å². The summed E-state index contributed by atoms with van der Waals surface area (Å²) < 4.78 is 6.35. The van der Waals surface area contributed by atoms with Crippen LogP contribution in [-0.2, 0) is 25.0 Å². The average molecular weight is 720 g/mol. The number of tetrazole rings is 1. The molecule has 8 nitrogen and oxygen atoms in total. The van der Waals surface area contributed by atoms with Crippen molar-refractivity contribution in [2.24, 2.45) is 0 Å². The fourth-order valence-corrected chi connectivity index (χ4v) is 7.03. The number of hydrogen-bond acceptors (Lipinski definition) is 7. The van der Waals surface area contributed by atoms with Gasteiger partial charge in [0.1, 0.15) is 12.3 Å². The molecule has 0 N–H and O–H groups in total. The van der Waals surface area contributed by atoms with Crippen LogP contribution in [0, 0.1) is 0 Å². The van der Waals surface area contributed by atoms with Crippen LogP contribution in [0.15, 0.2) is 170 Å². The van der Waals surface area contributed by atoms with Crippen molar-refractivity contribution in [1.82, 2.24) is 35.4 Å². The Morgan fingerprint density at radius 2 is 1.13 bits per heavy atom. The molecule has 2 heterocycles. The van der Waals surface area contributed by atoms with E-state index in [4.69, 9.17) is 25.1 Å². The second kappa shape index (κ2) is 16.5. The first kappa shape index (κ1) is 35.2. The number of unbranched alkanes of at least 4 members (excludes halogenated alkanes) is 1. The topological polar surface area (TPSA) is 91.5 Å². The van der Waals surface area contributed by atoms with Crippen molar-refractivity contribution in [1.29, 1.82) is 0 Å². The maximum Gasteiger partial charge on any atom is 0.240 e. The van der Waals surface area contributed by atoms with Crippen LogP contribution in [0.4, 0.5) is 0 Å². The molecule has 0 radical (unpaired) electrons. The molecule has 2 aromatic heterocycles. The quantitative estimate of drug-likeness (QED) is 0.103. The third-order valence-electron chi connectivity index (χ3n) is 9.83. The maximum atomic E-state index is 6.35. The second-order valence-corrected chi connectivity index (χ2v) is 13.5. The van der Waals surface area contributed by atoms with Crippen molar-refractivity contribution in [3.63, 3.8) is 0 Å². The summed E-state index contributed by atoms with van der Waals surface area (Å²) in [5, 5.41) is 23.6. The monoisotopic (exact) mass is 719 g/mol. The molecule has 6 aromatic carbocycles. The van der Waals surface area contributed by atoms with E-state index in [0.29, 0.717) is 30.6 Å². The van der Waals surface area contributed by atoms with Gasteiger partial charge in [-0.2, -0.15) is 4.98 Å². The van der Waals surface area contributed by atoms with E-state index >= 15 is 0 Å². The molecule has 8 heteroatoms. The van der Waals surface area contributed by atoms with Crippen LogP contribution in [0.1, 0.15) is 59.1 Å². The van der Waals surface area contributed by atoms with E-state index in [1.54, 1.807) is 4.80 Å². The van der Waals surface area contributed by atoms with Gasteiger partial charge in [-0.3, -0.25) is 0 Å². The van der Waals surface area contributed by atoms with Gasteiger partial charge in [-0.05, 0) is 50.6 Å². The van der Waals surface area contributed by atoms with Crippen LogP contribution in [0.25, 0.3) is 22.5 Å². The molecule has 0 spiro atoms. The predicted octanol–water partition coefficient (Wildman–Crippen LogP) is 9.54. The van der Waals surface area contributed by atoms with E-state index in [9.17, 15) is 0 Å². The molecule has 0 saturated heterocycles. The van der Waals surface area contributed by atoms with Crippen LogP contribution in [0.3, 0.4) is 0 Å². The summed E-state index contributed by atoms with van der Waals surface area (Å²) in [5.74, 6) is 1.78. The number of ether oxygens (including phenoxy) is 1. The zero-order valence-electron chi connectivity index (χ0n) is 30.7. The van der Waals surface area contributed by atoms with Crippen LogP contribution < -0.4 is 4.74 Å². The van der Waals surface area contributed by atoms with E-state index in [2.05, 4.69) is 138 Å².